The molecule has 1 aliphatic heterocycles. The monoisotopic (exact) mass is 364 g/mol. The van der Waals surface area contributed by atoms with Crippen LogP contribution in [0.15, 0.2) is 34.7 Å². The fourth-order valence-electron chi connectivity index (χ4n) is 2.35. The second-order valence-corrected chi connectivity index (χ2v) is 7.55. The van der Waals surface area contributed by atoms with Crippen LogP contribution < -0.4 is 5.32 Å². The molecular formula is C15H16N4O3S2. The maximum atomic E-state index is 12.1. The number of benzene rings is 1. The molecule has 3 rings (SSSR count). The number of thioether (sulfide) groups is 1. The summed E-state index contributed by atoms with van der Waals surface area (Å²) in [5.74, 6) is -0.557. The summed E-state index contributed by atoms with van der Waals surface area (Å²) in [5.41, 5.74) is 1.19. The molecule has 2 aromatic rings. The summed E-state index contributed by atoms with van der Waals surface area (Å²) in [6, 6.07) is 9.71. The van der Waals surface area contributed by atoms with Crippen molar-refractivity contribution in [3.8, 4) is 0 Å². The second kappa shape index (κ2) is 7.63. The molecule has 1 atom stereocenters. The van der Waals surface area contributed by atoms with Crippen molar-refractivity contribution in [2.24, 2.45) is 5.92 Å². The molecule has 0 bridgehead atoms. The summed E-state index contributed by atoms with van der Waals surface area (Å²) in [6.07, 6.45) is 0.483. The predicted molar refractivity (Wildman–Crippen MR) is 92.2 cm³/mol. The van der Waals surface area contributed by atoms with Crippen molar-refractivity contribution in [2.45, 2.75) is 16.5 Å². The number of carboxylic acids is 1. The lowest BCUT2D eigenvalue weighted by molar-refractivity contribution is -0.141. The van der Waals surface area contributed by atoms with E-state index in [-0.39, 0.29) is 12.6 Å². The molecule has 24 heavy (non-hydrogen) atoms. The number of amides is 2. The zero-order chi connectivity index (χ0) is 16.9. The number of nitrogens with zero attached hydrogens (tertiary/aromatic N) is 3. The highest BCUT2D eigenvalue weighted by atomic mass is 32.2. The quantitative estimate of drug-likeness (QED) is 0.626. The van der Waals surface area contributed by atoms with Gasteiger partial charge in [-0.05, 0) is 12.0 Å². The van der Waals surface area contributed by atoms with Crippen LogP contribution in [0.25, 0.3) is 0 Å². The van der Waals surface area contributed by atoms with Crippen molar-refractivity contribution < 1.29 is 14.7 Å². The number of aliphatic carboxylic acids is 1. The number of rotatable bonds is 5. The van der Waals surface area contributed by atoms with Crippen LogP contribution in [0.2, 0.25) is 0 Å². The summed E-state index contributed by atoms with van der Waals surface area (Å²) in [4.78, 5) is 24.6. The Morgan fingerprint density at radius 1 is 1.33 bits per heavy atom. The first kappa shape index (κ1) is 16.7. The molecule has 2 amide bonds. The molecular weight excluding hydrogens is 348 g/mol. The van der Waals surface area contributed by atoms with Crippen molar-refractivity contribution >= 4 is 40.2 Å². The zero-order valence-corrected chi connectivity index (χ0v) is 14.3. The molecule has 1 aromatic carbocycles. The average Bonchev–Trinajstić information content (AvgIpc) is 3.23. The van der Waals surface area contributed by atoms with Crippen molar-refractivity contribution in [1.82, 2.24) is 15.1 Å². The number of anilines is 1. The number of nitrogens with one attached hydrogen (secondary N) is 1. The lowest BCUT2D eigenvalue weighted by Crippen LogP contribution is -2.33. The van der Waals surface area contributed by atoms with Gasteiger partial charge in [-0.25, -0.2) is 4.79 Å². The molecule has 126 valence electrons. The lowest BCUT2D eigenvalue weighted by Gasteiger charge is -2.14. The third-order valence-corrected chi connectivity index (χ3v) is 5.69. The van der Waals surface area contributed by atoms with Crippen LogP contribution in [-0.2, 0) is 10.5 Å². The predicted octanol–water partition coefficient (Wildman–Crippen LogP) is 2.77. The minimum Gasteiger partial charge on any atom is -0.481 e. The molecule has 1 aromatic heterocycles. The highest BCUT2D eigenvalue weighted by molar-refractivity contribution is 8.00. The Kier molecular flexibility index (Phi) is 5.31. The molecule has 1 fully saturated rings. The molecule has 2 heterocycles. The van der Waals surface area contributed by atoms with E-state index >= 15 is 0 Å². The van der Waals surface area contributed by atoms with Gasteiger partial charge in [0, 0.05) is 18.8 Å². The molecule has 2 N–H and O–H groups in total. The Bertz CT molecular complexity index is 723. The van der Waals surface area contributed by atoms with Gasteiger partial charge in [-0.15, -0.1) is 10.2 Å². The van der Waals surface area contributed by atoms with E-state index in [2.05, 4.69) is 15.5 Å². The number of hydrogen-bond acceptors (Lipinski definition) is 6. The Morgan fingerprint density at radius 3 is 2.83 bits per heavy atom. The fourth-order valence-corrected chi connectivity index (χ4v) is 4.05. The third kappa shape index (κ3) is 4.24. The van der Waals surface area contributed by atoms with Gasteiger partial charge in [0.15, 0.2) is 4.34 Å². The topological polar surface area (TPSA) is 95.4 Å². The Hall–Kier alpha value is -2.13. The minimum atomic E-state index is -0.860. The summed E-state index contributed by atoms with van der Waals surface area (Å²) in [6.45, 7) is 0.673. The average molecular weight is 364 g/mol. The number of aromatic nitrogens is 2. The highest BCUT2D eigenvalue weighted by Gasteiger charge is 2.31. The first-order valence-corrected chi connectivity index (χ1v) is 9.21. The van der Waals surface area contributed by atoms with Crippen molar-refractivity contribution in [2.75, 3.05) is 18.4 Å². The van der Waals surface area contributed by atoms with Gasteiger partial charge in [-0.2, -0.15) is 0 Å². The molecule has 9 heteroatoms. The number of urea groups is 1. The summed E-state index contributed by atoms with van der Waals surface area (Å²) >= 11 is 2.87. The zero-order valence-electron chi connectivity index (χ0n) is 12.7. The van der Waals surface area contributed by atoms with Gasteiger partial charge in [-0.3, -0.25) is 10.1 Å². The van der Waals surface area contributed by atoms with E-state index in [0.717, 1.165) is 10.1 Å². The van der Waals surface area contributed by atoms with E-state index in [0.29, 0.717) is 18.1 Å². The molecule has 1 aliphatic rings. The molecule has 0 aliphatic carbocycles. The minimum absolute atomic E-state index is 0.232. The van der Waals surface area contributed by atoms with Gasteiger partial charge in [0.25, 0.3) is 0 Å². The molecule has 0 spiro atoms. The fraction of sp³-hybridized carbons (Fsp3) is 0.333. The molecule has 0 radical (unpaired) electrons. The van der Waals surface area contributed by atoms with Crippen LogP contribution in [0.5, 0.6) is 0 Å². The van der Waals surface area contributed by atoms with Gasteiger partial charge >= 0.3 is 12.0 Å². The van der Waals surface area contributed by atoms with E-state index in [9.17, 15) is 9.59 Å². The standard InChI is InChI=1S/C15H16N4O3S2/c20-12(21)11-6-7-19(8-11)14(22)16-13-17-18-15(24-13)23-9-10-4-2-1-3-5-10/h1-5,11H,6-9H2,(H,20,21)(H,16,17,22). The highest BCUT2D eigenvalue weighted by Crippen LogP contribution is 2.28. The normalized spacial score (nSPS) is 17.0. The first-order valence-electron chi connectivity index (χ1n) is 7.41. The largest absolute Gasteiger partial charge is 0.481 e. The van der Waals surface area contributed by atoms with E-state index in [1.165, 1.54) is 21.8 Å². The Labute approximate surface area is 147 Å². The van der Waals surface area contributed by atoms with Crippen LogP contribution in [-0.4, -0.2) is 45.3 Å². The van der Waals surface area contributed by atoms with E-state index < -0.39 is 11.9 Å². The van der Waals surface area contributed by atoms with Gasteiger partial charge in [-0.1, -0.05) is 53.4 Å². The lowest BCUT2D eigenvalue weighted by atomic mass is 10.1. The van der Waals surface area contributed by atoms with Crippen LogP contribution >= 0.6 is 23.1 Å². The molecule has 1 saturated heterocycles. The first-order chi connectivity index (χ1) is 11.6. The van der Waals surface area contributed by atoms with Crippen molar-refractivity contribution in [3.63, 3.8) is 0 Å². The van der Waals surface area contributed by atoms with Crippen LogP contribution in [0.4, 0.5) is 9.93 Å². The van der Waals surface area contributed by atoms with Gasteiger partial charge in [0.1, 0.15) is 0 Å². The van der Waals surface area contributed by atoms with Gasteiger partial charge < -0.3 is 10.0 Å². The van der Waals surface area contributed by atoms with Crippen LogP contribution in [0.3, 0.4) is 0 Å². The smallest absolute Gasteiger partial charge is 0.323 e. The molecule has 0 saturated carbocycles. The van der Waals surface area contributed by atoms with Crippen LogP contribution in [0, 0.1) is 5.92 Å². The number of hydrogen-bond donors (Lipinski definition) is 2. The van der Waals surface area contributed by atoms with Gasteiger partial charge in [0.2, 0.25) is 5.13 Å². The molecule has 1 unspecified atom stereocenters. The molecule has 7 nitrogen and oxygen atoms in total. The third-order valence-electron chi connectivity index (χ3n) is 3.65. The summed E-state index contributed by atoms with van der Waals surface area (Å²) < 4.78 is 0.777. The van der Waals surface area contributed by atoms with E-state index in [1.807, 2.05) is 30.3 Å². The maximum absolute atomic E-state index is 12.1. The number of carboxylic acid groups (broad SMARTS) is 1. The second-order valence-electron chi connectivity index (χ2n) is 5.35. The van der Waals surface area contributed by atoms with Crippen molar-refractivity contribution in [3.05, 3.63) is 35.9 Å². The Morgan fingerprint density at radius 2 is 2.12 bits per heavy atom. The number of carbonyl (C=O) groups is 2. The number of carbonyl (C=O) groups excluding carboxylic acids is 1. The Balaban J connectivity index is 1.51. The SMILES string of the molecule is O=C(O)C1CCN(C(=O)Nc2nnc(SCc3ccccc3)s2)C1. The summed E-state index contributed by atoms with van der Waals surface area (Å²) in [7, 11) is 0. The maximum Gasteiger partial charge on any atom is 0.323 e. The summed E-state index contributed by atoms with van der Waals surface area (Å²) in [5, 5.41) is 20.1. The van der Waals surface area contributed by atoms with Crippen LogP contribution in [0.1, 0.15) is 12.0 Å². The van der Waals surface area contributed by atoms with Gasteiger partial charge in [0.05, 0.1) is 5.92 Å². The van der Waals surface area contributed by atoms with E-state index in [4.69, 9.17) is 5.11 Å². The number of likely N-dealkylation sites (tertiary alicyclic amines) is 1. The van der Waals surface area contributed by atoms with Crippen molar-refractivity contribution in [1.29, 1.82) is 0 Å². The van der Waals surface area contributed by atoms with E-state index in [1.54, 1.807) is 11.8 Å².